The highest BCUT2D eigenvalue weighted by Gasteiger charge is 2.34. The third kappa shape index (κ3) is 4.59. The average Bonchev–Trinajstić information content (AvgIpc) is 3.50. The van der Waals surface area contributed by atoms with Crippen molar-refractivity contribution < 1.29 is 9.59 Å². The molecule has 0 saturated heterocycles. The van der Waals surface area contributed by atoms with E-state index in [1.54, 1.807) is 31.8 Å². The van der Waals surface area contributed by atoms with Crippen molar-refractivity contribution in [2.24, 2.45) is 14.1 Å². The fourth-order valence-corrected chi connectivity index (χ4v) is 4.88. The smallest absolute Gasteiger partial charge is 0.270 e. The minimum Gasteiger partial charge on any atom is -0.338 e. The Bertz CT molecular complexity index is 1350. The average molecular weight is 469 g/mol. The molecule has 2 atom stereocenters. The normalized spacial score (nSPS) is 15.8. The minimum atomic E-state index is -0.726. The fourth-order valence-electron chi connectivity index (χ4n) is 4.88. The monoisotopic (exact) mass is 468 g/mol. The zero-order chi connectivity index (χ0) is 24.4. The highest BCUT2D eigenvalue weighted by Crippen LogP contribution is 2.34. The molecule has 2 heterocycles. The highest BCUT2D eigenvalue weighted by molar-refractivity contribution is 6.01. The SMILES string of the molecule is Cn1cncc1-c1ccc(NC(=O)[C@@H](NC(=O)c2ccnn2C)[C@@H]2CCCc3ccccc32)cc1. The second kappa shape index (κ2) is 9.58. The number of imidazole rings is 1. The molecule has 0 radical (unpaired) electrons. The van der Waals surface area contributed by atoms with E-state index in [2.05, 4.69) is 32.8 Å². The Morgan fingerprint density at radius 3 is 2.57 bits per heavy atom. The summed E-state index contributed by atoms with van der Waals surface area (Å²) in [7, 11) is 3.65. The summed E-state index contributed by atoms with van der Waals surface area (Å²) < 4.78 is 3.45. The van der Waals surface area contributed by atoms with Crippen LogP contribution < -0.4 is 10.6 Å². The van der Waals surface area contributed by atoms with Crippen LogP contribution in [0.3, 0.4) is 0 Å². The van der Waals surface area contributed by atoms with Crippen molar-refractivity contribution in [2.45, 2.75) is 31.2 Å². The van der Waals surface area contributed by atoms with Gasteiger partial charge in [0.05, 0.1) is 18.2 Å². The molecule has 35 heavy (non-hydrogen) atoms. The van der Waals surface area contributed by atoms with E-state index < -0.39 is 6.04 Å². The van der Waals surface area contributed by atoms with Crippen molar-refractivity contribution in [2.75, 3.05) is 5.32 Å². The zero-order valence-electron chi connectivity index (χ0n) is 19.8. The summed E-state index contributed by atoms with van der Waals surface area (Å²) in [5.74, 6) is -0.680. The maximum Gasteiger partial charge on any atom is 0.270 e. The number of aromatic nitrogens is 4. The Morgan fingerprint density at radius 2 is 1.86 bits per heavy atom. The van der Waals surface area contributed by atoms with Crippen molar-refractivity contribution in [3.63, 3.8) is 0 Å². The molecule has 0 fully saturated rings. The number of anilines is 1. The number of amides is 2. The fraction of sp³-hybridized carbons (Fsp3) is 0.259. The predicted molar refractivity (Wildman–Crippen MR) is 134 cm³/mol. The van der Waals surface area contributed by atoms with E-state index >= 15 is 0 Å². The number of nitrogens with zero attached hydrogens (tertiary/aromatic N) is 4. The molecule has 178 valence electrons. The summed E-state index contributed by atoms with van der Waals surface area (Å²) in [6.07, 6.45) is 7.89. The summed E-state index contributed by atoms with van der Waals surface area (Å²) >= 11 is 0. The van der Waals surface area contributed by atoms with Crippen molar-refractivity contribution in [1.82, 2.24) is 24.6 Å². The Labute approximate surface area is 204 Å². The molecule has 0 unspecified atom stereocenters. The summed E-state index contributed by atoms with van der Waals surface area (Å²) in [4.78, 5) is 30.9. The molecule has 0 saturated carbocycles. The van der Waals surface area contributed by atoms with E-state index in [1.807, 2.05) is 48.0 Å². The highest BCUT2D eigenvalue weighted by atomic mass is 16.2. The van der Waals surface area contributed by atoms with Crippen LogP contribution in [0.5, 0.6) is 0 Å². The maximum atomic E-state index is 13.6. The van der Waals surface area contributed by atoms with Gasteiger partial charge in [0, 0.05) is 31.9 Å². The van der Waals surface area contributed by atoms with Crippen LogP contribution in [0.2, 0.25) is 0 Å². The Hall–Kier alpha value is -4.20. The lowest BCUT2D eigenvalue weighted by atomic mass is 9.78. The molecule has 2 aromatic carbocycles. The Morgan fingerprint density at radius 1 is 1.06 bits per heavy atom. The Kier molecular flexibility index (Phi) is 6.18. The second-order valence-corrected chi connectivity index (χ2v) is 8.95. The first-order valence-electron chi connectivity index (χ1n) is 11.8. The molecule has 2 aromatic heterocycles. The van der Waals surface area contributed by atoms with Gasteiger partial charge < -0.3 is 15.2 Å². The molecule has 4 aromatic rings. The van der Waals surface area contributed by atoms with Gasteiger partial charge in [0.1, 0.15) is 11.7 Å². The molecule has 0 spiro atoms. The largest absolute Gasteiger partial charge is 0.338 e. The maximum absolute atomic E-state index is 13.6. The van der Waals surface area contributed by atoms with E-state index in [1.165, 1.54) is 10.2 Å². The molecule has 1 aliphatic rings. The minimum absolute atomic E-state index is 0.120. The molecule has 5 rings (SSSR count). The number of hydrogen-bond acceptors (Lipinski definition) is 4. The molecule has 2 amide bonds. The van der Waals surface area contributed by atoms with Gasteiger partial charge in [0.15, 0.2) is 0 Å². The lowest BCUT2D eigenvalue weighted by Crippen LogP contribution is -2.48. The van der Waals surface area contributed by atoms with Crippen LogP contribution in [0.15, 0.2) is 73.3 Å². The van der Waals surface area contributed by atoms with Crippen LogP contribution in [0.4, 0.5) is 5.69 Å². The number of rotatable bonds is 6. The number of aryl methyl sites for hydroxylation is 3. The summed E-state index contributed by atoms with van der Waals surface area (Å²) in [6, 6.07) is 16.8. The third-order valence-electron chi connectivity index (χ3n) is 6.71. The van der Waals surface area contributed by atoms with Crippen molar-refractivity contribution >= 4 is 17.5 Å². The third-order valence-corrected chi connectivity index (χ3v) is 6.71. The van der Waals surface area contributed by atoms with Crippen LogP contribution in [0, 0.1) is 0 Å². The van der Waals surface area contributed by atoms with Crippen molar-refractivity contribution in [3.8, 4) is 11.3 Å². The first kappa shape index (κ1) is 22.6. The van der Waals surface area contributed by atoms with E-state index in [-0.39, 0.29) is 17.7 Å². The number of carbonyl (C=O) groups excluding carboxylic acids is 2. The number of benzene rings is 2. The van der Waals surface area contributed by atoms with Crippen LogP contribution in [0.25, 0.3) is 11.3 Å². The Balaban J connectivity index is 1.41. The number of fused-ring (bicyclic) bond motifs is 1. The second-order valence-electron chi connectivity index (χ2n) is 8.95. The van der Waals surface area contributed by atoms with Crippen LogP contribution in [0.1, 0.15) is 40.4 Å². The van der Waals surface area contributed by atoms with Gasteiger partial charge in [0.25, 0.3) is 5.91 Å². The van der Waals surface area contributed by atoms with E-state index in [0.717, 1.165) is 36.1 Å². The lowest BCUT2D eigenvalue weighted by Gasteiger charge is -2.32. The summed E-state index contributed by atoms with van der Waals surface area (Å²) in [6.45, 7) is 0. The number of carbonyl (C=O) groups is 2. The van der Waals surface area contributed by atoms with Crippen LogP contribution in [-0.2, 0) is 25.3 Å². The first-order chi connectivity index (χ1) is 17.0. The van der Waals surface area contributed by atoms with E-state index in [4.69, 9.17) is 0 Å². The quantitative estimate of drug-likeness (QED) is 0.451. The van der Waals surface area contributed by atoms with Crippen molar-refractivity contribution in [3.05, 3.63) is 90.1 Å². The molecular weight excluding hydrogens is 440 g/mol. The molecule has 2 N–H and O–H groups in total. The molecular formula is C27H28N6O2. The van der Waals surface area contributed by atoms with E-state index in [9.17, 15) is 9.59 Å². The summed E-state index contributed by atoms with van der Waals surface area (Å²) in [5.41, 5.74) is 5.43. The first-order valence-corrected chi connectivity index (χ1v) is 11.8. The molecule has 1 aliphatic carbocycles. The van der Waals surface area contributed by atoms with Gasteiger partial charge in [-0.1, -0.05) is 36.4 Å². The lowest BCUT2D eigenvalue weighted by molar-refractivity contribution is -0.118. The van der Waals surface area contributed by atoms with Gasteiger partial charge in [-0.3, -0.25) is 14.3 Å². The van der Waals surface area contributed by atoms with Gasteiger partial charge in [0.2, 0.25) is 5.91 Å². The van der Waals surface area contributed by atoms with Gasteiger partial charge in [-0.2, -0.15) is 5.10 Å². The van der Waals surface area contributed by atoms with Gasteiger partial charge in [-0.05, 0) is 54.2 Å². The topological polar surface area (TPSA) is 93.8 Å². The van der Waals surface area contributed by atoms with Crippen molar-refractivity contribution in [1.29, 1.82) is 0 Å². The number of hydrogen-bond donors (Lipinski definition) is 2. The molecule has 8 nitrogen and oxygen atoms in total. The standard InChI is InChI=1S/C27H28N6O2/c1-32-17-28-16-24(32)19-10-12-20(13-11-19)30-27(35)25(31-26(34)23-14-15-29-33(23)2)22-9-5-7-18-6-3-4-8-21(18)22/h3-4,6,8,10-17,22,25H,5,7,9H2,1-2H3,(H,30,35)(H,31,34)/t22-,25+/m1/s1. The predicted octanol–water partition coefficient (Wildman–Crippen LogP) is 3.68. The summed E-state index contributed by atoms with van der Waals surface area (Å²) in [5, 5.41) is 10.1. The van der Waals surface area contributed by atoms with Crippen LogP contribution >= 0.6 is 0 Å². The van der Waals surface area contributed by atoms with Gasteiger partial charge in [-0.25, -0.2) is 4.98 Å². The van der Waals surface area contributed by atoms with Gasteiger partial charge >= 0.3 is 0 Å². The van der Waals surface area contributed by atoms with E-state index in [0.29, 0.717) is 11.4 Å². The zero-order valence-corrected chi connectivity index (χ0v) is 19.8. The molecule has 0 aliphatic heterocycles. The van der Waals surface area contributed by atoms with Crippen LogP contribution in [-0.4, -0.2) is 37.2 Å². The van der Waals surface area contributed by atoms with Gasteiger partial charge in [-0.15, -0.1) is 0 Å². The molecule has 8 heteroatoms. The number of nitrogens with one attached hydrogen (secondary N) is 2. The molecule has 0 bridgehead atoms.